The second-order valence-electron chi connectivity index (χ2n) is 2.79. The van der Waals surface area contributed by atoms with Crippen molar-refractivity contribution in [2.75, 3.05) is 6.54 Å². The number of hydrogen-bond donors (Lipinski definition) is 2. The number of aliphatic hydroxyl groups is 1. The average molecular weight is 182 g/mol. The van der Waals surface area contributed by atoms with Crippen LogP contribution >= 0.6 is 11.3 Å². The van der Waals surface area contributed by atoms with Crippen molar-refractivity contribution in [1.82, 2.24) is 0 Å². The van der Waals surface area contributed by atoms with Crippen molar-refractivity contribution in [2.24, 2.45) is 5.73 Å². The topological polar surface area (TPSA) is 70.0 Å². The summed E-state index contributed by atoms with van der Waals surface area (Å²) in [6.07, 6.45) is 0. The second-order valence-corrected chi connectivity index (χ2v) is 3.70. The fourth-order valence-corrected chi connectivity index (χ4v) is 1.68. The molecule has 3 nitrogen and oxygen atoms in total. The highest BCUT2D eigenvalue weighted by Gasteiger charge is 2.22. The Bertz CT molecular complexity index is 311. The van der Waals surface area contributed by atoms with Gasteiger partial charge in [-0.2, -0.15) is 5.26 Å². The van der Waals surface area contributed by atoms with Crippen LogP contribution in [0.15, 0.2) is 11.4 Å². The first-order valence-corrected chi connectivity index (χ1v) is 4.39. The maximum atomic E-state index is 9.68. The predicted molar refractivity (Wildman–Crippen MR) is 47.7 cm³/mol. The summed E-state index contributed by atoms with van der Waals surface area (Å²) >= 11 is 1.35. The number of rotatable bonds is 2. The summed E-state index contributed by atoms with van der Waals surface area (Å²) in [5, 5.41) is 19.9. The normalized spacial score (nSPS) is 15.2. The Kier molecular flexibility index (Phi) is 2.48. The molecule has 1 aromatic heterocycles. The molecular weight excluding hydrogens is 172 g/mol. The fraction of sp³-hybridized carbons (Fsp3) is 0.375. The molecule has 0 bridgehead atoms. The molecule has 1 heterocycles. The maximum absolute atomic E-state index is 9.68. The van der Waals surface area contributed by atoms with E-state index in [1.165, 1.54) is 11.3 Å². The minimum Gasteiger partial charge on any atom is -0.383 e. The van der Waals surface area contributed by atoms with Crippen LogP contribution in [0.4, 0.5) is 0 Å². The standard InChI is InChI=1S/C8H10N2OS/c1-8(11,5-10)7-2-6(3-9)4-12-7/h2,4,11H,5,10H2,1H3. The van der Waals surface area contributed by atoms with Crippen LogP contribution in [0.1, 0.15) is 17.4 Å². The third-order valence-corrected chi connectivity index (χ3v) is 2.84. The Morgan fingerprint density at radius 1 is 1.83 bits per heavy atom. The van der Waals surface area contributed by atoms with Crippen molar-refractivity contribution in [1.29, 1.82) is 5.26 Å². The Balaban J connectivity index is 2.98. The molecule has 0 spiro atoms. The minimum atomic E-state index is -1.00. The van der Waals surface area contributed by atoms with E-state index in [2.05, 4.69) is 0 Å². The molecule has 0 aliphatic heterocycles. The first-order valence-electron chi connectivity index (χ1n) is 3.51. The van der Waals surface area contributed by atoms with E-state index in [9.17, 15) is 5.11 Å². The van der Waals surface area contributed by atoms with Crippen LogP contribution in [0.2, 0.25) is 0 Å². The van der Waals surface area contributed by atoms with Gasteiger partial charge in [0, 0.05) is 16.8 Å². The number of nitriles is 1. The summed E-state index contributed by atoms with van der Waals surface area (Å²) in [6.45, 7) is 1.80. The summed E-state index contributed by atoms with van der Waals surface area (Å²) in [5.74, 6) is 0. The van der Waals surface area contributed by atoms with Gasteiger partial charge in [-0.3, -0.25) is 0 Å². The molecule has 0 aromatic carbocycles. The van der Waals surface area contributed by atoms with Gasteiger partial charge in [0.25, 0.3) is 0 Å². The summed E-state index contributed by atoms with van der Waals surface area (Å²) < 4.78 is 0. The fourth-order valence-electron chi connectivity index (χ4n) is 0.778. The van der Waals surface area contributed by atoms with E-state index in [4.69, 9.17) is 11.0 Å². The van der Waals surface area contributed by atoms with Gasteiger partial charge in [-0.05, 0) is 13.0 Å². The molecule has 1 rings (SSSR count). The van der Waals surface area contributed by atoms with Gasteiger partial charge >= 0.3 is 0 Å². The third kappa shape index (κ3) is 1.64. The van der Waals surface area contributed by atoms with E-state index in [0.29, 0.717) is 5.56 Å². The lowest BCUT2D eigenvalue weighted by atomic mass is 10.1. The number of thiophene rings is 1. The van der Waals surface area contributed by atoms with E-state index in [0.717, 1.165) is 4.88 Å². The van der Waals surface area contributed by atoms with Gasteiger partial charge in [-0.1, -0.05) is 0 Å². The average Bonchev–Trinajstić information content (AvgIpc) is 2.52. The third-order valence-electron chi connectivity index (χ3n) is 1.66. The molecule has 4 heteroatoms. The summed E-state index contributed by atoms with van der Waals surface area (Å²) in [5.41, 5.74) is 4.94. The van der Waals surface area contributed by atoms with Gasteiger partial charge < -0.3 is 10.8 Å². The van der Waals surface area contributed by atoms with Crippen LogP contribution in [0.3, 0.4) is 0 Å². The summed E-state index contributed by atoms with van der Waals surface area (Å²) in [6, 6.07) is 3.67. The Labute approximate surface area is 75.1 Å². The van der Waals surface area contributed by atoms with Crippen LogP contribution in [-0.4, -0.2) is 11.7 Å². The maximum Gasteiger partial charge on any atom is 0.108 e. The highest BCUT2D eigenvalue weighted by molar-refractivity contribution is 7.10. The van der Waals surface area contributed by atoms with Gasteiger partial charge in [0.2, 0.25) is 0 Å². The smallest absolute Gasteiger partial charge is 0.108 e. The predicted octanol–water partition coefficient (Wildman–Crippen LogP) is 0.786. The molecule has 0 saturated heterocycles. The molecule has 0 aliphatic carbocycles. The van der Waals surface area contributed by atoms with Gasteiger partial charge in [0.05, 0.1) is 5.56 Å². The molecule has 0 radical (unpaired) electrons. The number of nitrogens with two attached hydrogens (primary N) is 1. The molecule has 3 N–H and O–H groups in total. The van der Waals surface area contributed by atoms with Gasteiger partial charge in [-0.25, -0.2) is 0 Å². The molecule has 64 valence electrons. The van der Waals surface area contributed by atoms with Gasteiger partial charge in [0.15, 0.2) is 0 Å². The van der Waals surface area contributed by atoms with E-state index < -0.39 is 5.60 Å². The van der Waals surface area contributed by atoms with Crippen molar-refractivity contribution in [3.8, 4) is 6.07 Å². The molecule has 1 unspecified atom stereocenters. The zero-order chi connectivity index (χ0) is 9.19. The molecule has 0 fully saturated rings. The van der Waals surface area contributed by atoms with Crippen molar-refractivity contribution >= 4 is 11.3 Å². The molecule has 12 heavy (non-hydrogen) atoms. The van der Waals surface area contributed by atoms with E-state index in [-0.39, 0.29) is 6.54 Å². The van der Waals surface area contributed by atoms with Crippen molar-refractivity contribution < 1.29 is 5.11 Å². The highest BCUT2D eigenvalue weighted by Crippen LogP contribution is 2.25. The molecular formula is C8H10N2OS. The lowest BCUT2D eigenvalue weighted by molar-refractivity contribution is 0.0707. The van der Waals surface area contributed by atoms with Crippen molar-refractivity contribution in [3.05, 3.63) is 21.9 Å². The van der Waals surface area contributed by atoms with E-state index in [1.807, 2.05) is 6.07 Å². The number of hydrogen-bond acceptors (Lipinski definition) is 4. The van der Waals surface area contributed by atoms with Crippen LogP contribution < -0.4 is 5.73 Å². The van der Waals surface area contributed by atoms with Gasteiger partial charge in [0.1, 0.15) is 11.7 Å². The lowest BCUT2D eigenvalue weighted by Crippen LogP contribution is -2.30. The first kappa shape index (κ1) is 9.20. The SMILES string of the molecule is CC(O)(CN)c1cc(C#N)cs1. The first-order chi connectivity index (χ1) is 5.60. The lowest BCUT2D eigenvalue weighted by Gasteiger charge is -2.18. The monoisotopic (exact) mass is 182 g/mol. The Morgan fingerprint density at radius 2 is 2.50 bits per heavy atom. The van der Waals surface area contributed by atoms with Crippen molar-refractivity contribution in [3.63, 3.8) is 0 Å². The molecule has 0 amide bonds. The molecule has 0 saturated carbocycles. The molecule has 1 atom stereocenters. The Morgan fingerprint density at radius 3 is 2.92 bits per heavy atom. The van der Waals surface area contributed by atoms with Crippen LogP contribution in [-0.2, 0) is 5.60 Å². The number of nitrogens with zero attached hydrogens (tertiary/aromatic N) is 1. The molecule has 0 aliphatic rings. The molecule has 1 aromatic rings. The zero-order valence-corrected chi connectivity index (χ0v) is 7.56. The van der Waals surface area contributed by atoms with Gasteiger partial charge in [-0.15, -0.1) is 11.3 Å². The summed E-state index contributed by atoms with van der Waals surface area (Å²) in [4.78, 5) is 0.738. The van der Waals surface area contributed by atoms with Crippen LogP contribution in [0.5, 0.6) is 0 Å². The zero-order valence-electron chi connectivity index (χ0n) is 6.74. The summed E-state index contributed by atoms with van der Waals surface area (Å²) in [7, 11) is 0. The second kappa shape index (κ2) is 3.23. The van der Waals surface area contributed by atoms with Crippen LogP contribution in [0, 0.1) is 11.3 Å². The quantitative estimate of drug-likeness (QED) is 0.710. The van der Waals surface area contributed by atoms with Crippen LogP contribution in [0.25, 0.3) is 0 Å². The largest absolute Gasteiger partial charge is 0.383 e. The van der Waals surface area contributed by atoms with Crippen molar-refractivity contribution in [2.45, 2.75) is 12.5 Å². The minimum absolute atomic E-state index is 0.165. The highest BCUT2D eigenvalue weighted by atomic mass is 32.1. The van der Waals surface area contributed by atoms with E-state index >= 15 is 0 Å². The Hall–Kier alpha value is -0.890. The van der Waals surface area contributed by atoms with E-state index in [1.54, 1.807) is 18.4 Å².